The molecule has 0 saturated carbocycles. The van der Waals surface area contributed by atoms with Crippen LogP contribution in [0.4, 0.5) is 4.39 Å². The summed E-state index contributed by atoms with van der Waals surface area (Å²) < 4.78 is 39.1. The molecule has 9 heteroatoms. The van der Waals surface area contributed by atoms with Gasteiger partial charge >= 0.3 is 0 Å². The Morgan fingerprint density at radius 1 is 1.36 bits per heavy atom. The van der Waals surface area contributed by atoms with Crippen LogP contribution in [-0.4, -0.2) is 31.5 Å². The standard InChI is InChI=1S/C16H15FN4O2S2/c1-16(9-25(22,23)21(2)15(19)20-16)14-6-12(8-24-14)11-3-10(7-18)4-13(17)5-11/h3-6,8H,9H2,1-2H3,(H2,19,20)/t16-/m0/s1. The molecule has 1 fully saturated rings. The third kappa shape index (κ3) is 3.10. The molecule has 1 aromatic heterocycles. The van der Waals surface area contributed by atoms with Gasteiger partial charge in [0.15, 0.2) is 0 Å². The van der Waals surface area contributed by atoms with E-state index in [1.54, 1.807) is 24.4 Å². The molecule has 0 unspecified atom stereocenters. The Bertz CT molecular complexity index is 1010. The van der Waals surface area contributed by atoms with E-state index in [0.717, 1.165) is 10.4 Å². The topological polar surface area (TPSA) is 97.1 Å². The van der Waals surface area contributed by atoms with Crippen LogP contribution in [0.2, 0.25) is 0 Å². The number of hydrogen-bond acceptors (Lipinski definition) is 5. The van der Waals surface area contributed by atoms with Gasteiger partial charge in [0.25, 0.3) is 0 Å². The molecule has 0 radical (unpaired) electrons. The van der Waals surface area contributed by atoms with Crippen LogP contribution < -0.4 is 5.32 Å². The fourth-order valence-corrected chi connectivity index (χ4v) is 5.31. The highest BCUT2D eigenvalue weighted by molar-refractivity contribution is 7.89. The smallest absolute Gasteiger partial charge is 0.239 e. The number of sulfonamides is 1. The summed E-state index contributed by atoms with van der Waals surface area (Å²) in [6.45, 7) is 1.72. The number of guanidine groups is 1. The predicted octanol–water partition coefficient (Wildman–Crippen LogP) is 2.44. The van der Waals surface area contributed by atoms with Crippen LogP contribution in [0.5, 0.6) is 0 Å². The lowest BCUT2D eigenvalue weighted by atomic mass is 9.99. The molecular weight excluding hydrogens is 363 g/mol. The summed E-state index contributed by atoms with van der Waals surface area (Å²) in [5.74, 6) is -0.887. The van der Waals surface area contributed by atoms with E-state index in [1.807, 2.05) is 6.07 Å². The quantitative estimate of drug-likeness (QED) is 0.839. The van der Waals surface area contributed by atoms with Crippen molar-refractivity contribution in [2.24, 2.45) is 0 Å². The van der Waals surface area contributed by atoms with Crippen molar-refractivity contribution in [2.75, 3.05) is 12.8 Å². The molecule has 1 aliphatic rings. The van der Waals surface area contributed by atoms with E-state index in [9.17, 15) is 12.8 Å². The Morgan fingerprint density at radius 2 is 2.08 bits per heavy atom. The third-order valence-electron chi connectivity index (χ3n) is 4.10. The van der Waals surface area contributed by atoms with Crippen LogP contribution in [0.15, 0.2) is 29.6 Å². The molecule has 25 heavy (non-hydrogen) atoms. The summed E-state index contributed by atoms with van der Waals surface area (Å²) in [6.07, 6.45) is 0. The number of halogens is 1. The largest absolute Gasteiger partial charge is 0.344 e. The van der Waals surface area contributed by atoms with E-state index in [4.69, 9.17) is 10.7 Å². The van der Waals surface area contributed by atoms with Crippen LogP contribution in [-0.2, 0) is 15.6 Å². The van der Waals surface area contributed by atoms with Crippen molar-refractivity contribution < 1.29 is 12.8 Å². The van der Waals surface area contributed by atoms with Gasteiger partial charge in [0.05, 0.1) is 22.9 Å². The van der Waals surface area contributed by atoms with E-state index < -0.39 is 21.4 Å². The van der Waals surface area contributed by atoms with Crippen molar-refractivity contribution in [3.05, 3.63) is 45.9 Å². The van der Waals surface area contributed by atoms with Crippen LogP contribution in [0, 0.1) is 22.6 Å². The van der Waals surface area contributed by atoms with E-state index in [1.165, 1.54) is 24.5 Å². The van der Waals surface area contributed by atoms with E-state index in [2.05, 4.69) is 5.32 Å². The number of nitrogens with one attached hydrogen (secondary N) is 2. The Labute approximate surface area is 149 Å². The molecule has 6 nitrogen and oxygen atoms in total. The van der Waals surface area contributed by atoms with Crippen molar-refractivity contribution in [1.29, 1.82) is 10.7 Å². The van der Waals surface area contributed by atoms with Gasteiger partial charge in [-0.2, -0.15) is 5.26 Å². The van der Waals surface area contributed by atoms with Crippen molar-refractivity contribution >= 4 is 27.3 Å². The molecule has 2 aromatic rings. The number of thiophene rings is 1. The lowest BCUT2D eigenvalue weighted by Crippen LogP contribution is -2.60. The monoisotopic (exact) mass is 378 g/mol. The number of hydrogen-bond donors (Lipinski definition) is 2. The maximum atomic E-state index is 13.7. The molecule has 2 N–H and O–H groups in total. The van der Waals surface area contributed by atoms with Crippen molar-refractivity contribution in [3.63, 3.8) is 0 Å². The second kappa shape index (κ2) is 5.82. The Morgan fingerprint density at radius 3 is 2.72 bits per heavy atom. The highest BCUT2D eigenvalue weighted by Gasteiger charge is 2.42. The van der Waals surface area contributed by atoms with Gasteiger partial charge in [-0.25, -0.2) is 17.1 Å². The lowest BCUT2D eigenvalue weighted by molar-refractivity contribution is 0.424. The average molecular weight is 378 g/mol. The van der Waals surface area contributed by atoms with Crippen molar-refractivity contribution in [1.82, 2.24) is 9.62 Å². The second-order valence-electron chi connectivity index (χ2n) is 6.07. The Hall–Kier alpha value is -2.44. The third-order valence-corrected chi connectivity index (χ3v) is 7.25. The number of nitrogens with zero attached hydrogens (tertiary/aromatic N) is 2. The molecule has 0 bridgehead atoms. The predicted molar refractivity (Wildman–Crippen MR) is 94.2 cm³/mol. The fraction of sp³-hybridized carbons (Fsp3) is 0.250. The lowest BCUT2D eigenvalue weighted by Gasteiger charge is -2.39. The maximum Gasteiger partial charge on any atom is 0.239 e. The van der Waals surface area contributed by atoms with Gasteiger partial charge in [0, 0.05) is 11.9 Å². The SMILES string of the molecule is CN1C(=N)N[C@](C)(c2cc(-c3cc(F)cc(C#N)c3)cs2)CS1(=O)=O. The molecule has 0 amide bonds. The van der Waals surface area contributed by atoms with Crippen LogP contribution in [0.25, 0.3) is 11.1 Å². The van der Waals surface area contributed by atoms with Gasteiger partial charge in [-0.05, 0) is 47.7 Å². The maximum absolute atomic E-state index is 13.7. The summed E-state index contributed by atoms with van der Waals surface area (Å²) in [5.41, 5.74) is 0.516. The highest BCUT2D eigenvalue weighted by Crippen LogP contribution is 2.35. The van der Waals surface area contributed by atoms with Gasteiger partial charge in [-0.3, -0.25) is 5.41 Å². The minimum atomic E-state index is -3.59. The molecule has 1 saturated heterocycles. The van der Waals surface area contributed by atoms with Gasteiger partial charge < -0.3 is 5.32 Å². The van der Waals surface area contributed by atoms with Crippen molar-refractivity contribution in [3.8, 4) is 17.2 Å². The van der Waals surface area contributed by atoms with E-state index in [-0.39, 0.29) is 17.3 Å². The summed E-state index contributed by atoms with van der Waals surface area (Å²) in [5, 5.41) is 21.5. The van der Waals surface area contributed by atoms with Gasteiger partial charge in [0.2, 0.25) is 16.0 Å². The first-order chi connectivity index (χ1) is 11.6. The molecule has 2 heterocycles. The zero-order chi connectivity index (χ0) is 18.4. The van der Waals surface area contributed by atoms with Crippen molar-refractivity contribution in [2.45, 2.75) is 12.5 Å². The van der Waals surface area contributed by atoms with Gasteiger partial charge in [-0.15, -0.1) is 11.3 Å². The van der Waals surface area contributed by atoms with Crippen LogP contribution in [0.3, 0.4) is 0 Å². The highest BCUT2D eigenvalue weighted by atomic mass is 32.2. The number of nitriles is 1. The van der Waals surface area contributed by atoms with Crippen LogP contribution >= 0.6 is 11.3 Å². The fourth-order valence-electron chi connectivity index (χ4n) is 2.71. The van der Waals surface area contributed by atoms with E-state index >= 15 is 0 Å². The normalized spacial score (nSPS) is 22.3. The summed E-state index contributed by atoms with van der Waals surface area (Å²) in [7, 11) is -2.26. The molecule has 3 rings (SSSR count). The minimum absolute atomic E-state index is 0.189. The zero-order valence-electron chi connectivity index (χ0n) is 13.5. The Balaban J connectivity index is 2.01. The first-order valence-corrected chi connectivity index (χ1v) is 9.77. The van der Waals surface area contributed by atoms with Crippen LogP contribution in [0.1, 0.15) is 17.4 Å². The average Bonchev–Trinajstić information content (AvgIpc) is 3.02. The van der Waals surface area contributed by atoms with Gasteiger partial charge in [0.1, 0.15) is 5.82 Å². The Kier molecular flexibility index (Phi) is 4.05. The molecule has 1 aliphatic heterocycles. The molecule has 130 valence electrons. The molecule has 1 aromatic carbocycles. The number of rotatable bonds is 2. The molecule has 0 aliphatic carbocycles. The zero-order valence-corrected chi connectivity index (χ0v) is 15.1. The van der Waals surface area contributed by atoms with E-state index in [0.29, 0.717) is 16.0 Å². The molecule has 0 spiro atoms. The first kappa shape index (κ1) is 17.4. The second-order valence-corrected chi connectivity index (χ2v) is 8.98. The molecular formula is C16H15FN4O2S2. The van der Waals surface area contributed by atoms with Gasteiger partial charge in [-0.1, -0.05) is 0 Å². The minimum Gasteiger partial charge on any atom is -0.344 e. The summed E-state index contributed by atoms with van der Waals surface area (Å²) in [4.78, 5) is 0.715. The first-order valence-electron chi connectivity index (χ1n) is 7.28. The molecule has 1 atom stereocenters. The number of benzene rings is 1. The summed E-state index contributed by atoms with van der Waals surface area (Å²) in [6, 6.07) is 7.75. The summed E-state index contributed by atoms with van der Waals surface area (Å²) >= 11 is 1.33.